The van der Waals surface area contributed by atoms with Gasteiger partial charge in [0.25, 0.3) is 0 Å². The third-order valence-corrected chi connectivity index (χ3v) is 4.22. The maximum atomic E-state index is 4.61. The van der Waals surface area contributed by atoms with E-state index in [4.69, 9.17) is 0 Å². The van der Waals surface area contributed by atoms with Crippen LogP contribution < -0.4 is 0 Å². The summed E-state index contributed by atoms with van der Waals surface area (Å²) in [5.74, 6) is 3.30. The minimum absolute atomic E-state index is 0.588. The van der Waals surface area contributed by atoms with E-state index in [1.54, 1.807) is 11.3 Å². The molecule has 5 heteroatoms. The Labute approximate surface area is 109 Å². The normalized spacial score (nSPS) is 19.8. The van der Waals surface area contributed by atoms with Gasteiger partial charge < -0.3 is 0 Å². The zero-order valence-electron chi connectivity index (χ0n) is 9.99. The molecule has 0 saturated heterocycles. The number of hydrogen-bond acceptors (Lipinski definition) is 4. The van der Waals surface area contributed by atoms with E-state index in [0.29, 0.717) is 11.8 Å². The molecule has 2 fully saturated rings. The monoisotopic (exact) mass is 258 g/mol. The van der Waals surface area contributed by atoms with E-state index in [0.717, 1.165) is 11.6 Å². The van der Waals surface area contributed by atoms with Crippen LogP contribution in [-0.4, -0.2) is 21.1 Å². The van der Waals surface area contributed by atoms with Crippen molar-refractivity contribution in [3.05, 3.63) is 34.0 Å². The van der Waals surface area contributed by atoms with E-state index in [1.807, 2.05) is 17.0 Å². The van der Waals surface area contributed by atoms with Gasteiger partial charge in [-0.1, -0.05) is 6.07 Å². The highest BCUT2D eigenvalue weighted by Gasteiger charge is 2.35. The molecule has 0 amide bonds. The first-order valence-electron chi connectivity index (χ1n) is 6.45. The predicted octanol–water partition coefficient (Wildman–Crippen LogP) is 2.98. The standard InChI is InChI=1S/C13H14N4S/c1-2-11(18-7-1)8-14-17-12(9-3-4-9)15-16-13(17)10-5-6-10/h1-2,7-10H,3-6H2/b14-8+. The van der Waals surface area contributed by atoms with Crippen LogP contribution in [0.3, 0.4) is 0 Å². The molecular formula is C13H14N4S. The lowest BCUT2D eigenvalue weighted by atomic mass is 10.4. The first-order valence-corrected chi connectivity index (χ1v) is 7.33. The molecular weight excluding hydrogens is 244 g/mol. The average Bonchev–Trinajstić information content (AvgIpc) is 3.31. The zero-order valence-corrected chi connectivity index (χ0v) is 10.8. The van der Waals surface area contributed by atoms with Crippen LogP contribution in [-0.2, 0) is 0 Å². The molecule has 2 aromatic heterocycles. The van der Waals surface area contributed by atoms with E-state index in [-0.39, 0.29) is 0 Å². The lowest BCUT2D eigenvalue weighted by Gasteiger charge is -2.01. The van der Waals surface area contributed by atoms with Crippen LogP contribution in [0, 0.1) is 0 Å². The molecule has 4 rings (SSSR count). The Balaban J connectivity index is 1.70. The zero-order chi connectivity index (χ0) is 11.9. The Hall–Kier alpha value is -1.49. The van der Waals surface area contributed by atoms with Crippen molar-refractivity contribution in [1.82, 2.24) is 14.9 Å². The van der Waals surface area contributed by atoms with Crippen molar-refractivity contribution in [1.29, 1.82) is 0 Å². The molecule has 0 radical (unpaired) electrons. The van der Waals surface area contributed by atoms with Gasteiger partial charge in [-0.15, -0.1) is 21.5 Å². The molecule has 92 valence electrons. The molecule has 18 heavy (non-hydrogen) atoms. The number of rotatable bonds is 4. The molecule has 0 spiro atoms. The van der Waals surface area contributed by atoms with Crippen LogP contribution in [0.25, 0.3) is 0 Å². The van der Waals surface area contributed by atoms with Crippen LogP contribution in [0.5, 0.6) is 0 Å². The Morgan fingerprint density at radius 3 is 2.33 bits per heavy atom. The Kier molecular flexibility index (Phi) is 2.33. The van der Waals surface area contributed by atoms with E-state index in [2.05, 4.69) is 26.7 Å². The molecule has 0 N–H and O–H groups in total. The lowest BCUT2D eigenvalue weighted by molar-refractivity contribution is 0.732. The molecule has 2 aliphatic carbocycles. The average molecular weight is 258 g/mol. The van der Waals surface area contributed by atoms with E-state index < -0.39 is 0 Å². The molecule has 0 atom stereocenters. The molecule has 0 bridgehead atoms. The molecule has 2 aromatic rings. The van der Waals surface area contributed by atoms with Crippen LogP contribution in [0.1, 0.15) is 54.0 Å². The van der Waals surface area contributed by atoms with Crippen LogP contribution in [0.15, 0.2) is 22.6 Å². The first kappa shape index (κ1) is 10.4. The van der Waals surface area contributed by atoms with Gasteiger partial charge in [-0.25, -0.2) is 4.68 Å². The molecule has 0 unspecified atom stereocenters. The number of hydrogen-bond donors (Lipinski definition) is 0. The van der Waals surface area contributed by atoms with Gasteiger partial charge in [0.2, 0.25) is 0 Å². The highest BCUT2D eigenvalue weighted by atomic mass is 32.1. The van der Waals surface area contributed by atoms with Gasteiger partial charge in [0.15, 0.2) is 11.6 Å². The van der Waals surface area contributed by atoms with Crippen molar-refractivity contribution in [2.75, 3.05) is 0 Å². The van der Waals surface area contributed by atoms with Crippen molar-refractivity contribution in [2.45, 2.75) is 37.5 Å². The SMILES string of the molecule is C(=N\n1c(C2CC2)nnc1C1CC1)/c1cccs1. The third kappa shape index (κ3) is 1.88. The van der Waals surface area contributed by atoms with Gasteiger partial charge in [0.1, 0.15) is 0 Å². The van der Waals surface area contributed by atoms with Crippen molar-refractivity contribution in [3.8, 4) is 0 Å². The van der Waals surface area contributed by atoms with Crippen LogP contribution >= 0.6 is 11.3 Å². The summed E-state index contributed by atoms with van der Waals surface area (Å²) in [5, 5.41) is 15.4. The summed E-state index contributed by atoms with van der Waals surface area (Å²) in [7, 11) is 0. The third-order valence-electron chi connectivity index (χ3n) is 3.42. The topological polar surface area (TPSA) is 43.1 Å². The van der Waals surface area contributed by atoms with Crippen molar-refractivity contribution in [2.24, 2.45) is 5.10 Å². The fraction of sp³-hybridized carbons (Fsp3) is 0.462. The minimum Gasteiger partial charge on any atom is -0.201 e. The number of nitrogens with zero attached hydrogens (tertiary/aromatic N) is 4. The Morgan fingerprint density at radius 1 is 1.17 bits per heavy atom. The molecule has 2 heterocycles. The van der Waals surface area contributed by atoms with Crippen molar-refractivity contribution in [3.63, 3.8) is 0 Å². The second kappa shape index (κ2) is 4.02. The highest BCUT2D eigenvalue weighted by Crippen LogP contribution is 2.43. The maximum Gasteiger partial charge on any atom is 0.157 e. The fourth-order valence-electron chi connectivity index (χ4n) is 2.09. The van der Waals surface area contributed by atoms with Gasteiger partial charge in [-0.2, -0.15) is 5.10 Å². The second-order valence-electron chi connectivity index (χ2n) is 5.04. The summed E-state index contributed by atoms with van der Waals surface area (Å²) in [6, 6.07) is 4.12. The molecule has 0 aliphatic heterocycles. The fourth-order valence-corrected chi connectivity index (χ4v) is 2.67. The minimum atomic E-state index is 0.588. The predicted molar refractivity (Wildman–Crippen MR) is 71.3 cm³/mol. The van der Waals surface area contributed by atoms with Crippen molar-refractivity contribution < 1.29 is 0 Å². The highest BCUT2D eigenvalue weighted by molar-refractivity contribution is 7.11. The summed E-state index contributed by atoms with van der Waals surface area (Å²) in [6.45, 7) is 0. The van der Waals surface area contributed by atoms with E-state index in [9.17, 15) is 0 Å². The maximum absolute atomic E-state index is 4.61. The molecule has 0 aromatic carbocycles. The van der Waals surface area contributed by atoms with Gasteiger partial charge >= 0.3 is 0 Å². The quantitative estimate of drug-likeness (QED) is 0.791. The molecule has 4 nitrogen and oxygen atoms in total. The van der Waals surface area contributed by atoms with E-state index >= 15 is 0 Å². The number of aromatic nitrogens is 3. The smallest absolute Gasteiger partial charge is 0.157 e. The summed E-state index contributed by atoms with van der Waals surface area (Å²) < 4.78 is 2.00. The summed E-state index contributed by atoms with van der Waals surface area (Å²) in [4.78, 5) is 1.17. The number of thiophene rings is 1. The van der Waals surface area contributed by atoms with E-state index in [1.165, 1.54) is 30.6 Å². The summed E-state index contributed by atoms with van der Waals surface area (Å²) in [5.41, 5.74) is 0. The van der Waals surface area contributed by atoms with Crippen LogP contribution in [0.2, 0.25) is 0 Å². The largest absolute Gasteiger partial charge is 0.201 e. The lowest BCUT2D eigenvalue weighted by Crippen LogP contribution is -2.01. The first-order chi connectivity index (χ1) is 8.92. The van der Waals surface area contributed by atoms with Gasteiger partial charge in [-0.3, -0.25) is 0 Å². The van der Waals surface area contributed by atoms with Gasteiger partial charge in [-0.05, 0) is 37.1 Å². The Bertz CT molecular complexity index is 547. The summed E-state index contributed by atoms with van der Waals surface area (Å²) >= 11 is 1.70. The molecule has 2 saturated carbocycles. The van der Waals surface area contributed by atoms with Crippen molar-refractivity contribution >= 4 is 17.6 Å². The molecule has 2 aliphatic rings. The summed E-state index contributed by atoms with van der Waals surface area (Å²) in [6.07, 6.45) is 6.86. The van der Waals surface area contributed by atoms with Gasteiger partial charge in [0.05, 0.1) is 6.21 Å². The van der Waals surface area contributed by atoms with Gasteiger partial charge in [0, 0.05) is 16.7 Å². The van der Waals surface area contributed by atoms with Crippen LogP contribution in [0.4, 0.5) is 0 Å². The Morgan fingerprint density at radius 2 is 1.83 bits per heavy atom. The second-order valence-corrected chi connectivity index (χ2v) is 6.02.